The molecule has 1 amide bonds. The molecule has 3 unspecified atom stereocenters. The fourth-order valence-corrected chi connectivity index (χ4v) is 9.03. The minimum Gasteiger partial charge on any atom is -0.456 e. The summed E-state index contributed by atoms with van der Waals surface area (Å²) in [5.41, 5.74) is 0. The summed E-state index contributed by atoms with van der Waals surface area (Å²) >= 11 is 0. The molecule has 0 rings (SSSR count). The third kappa shape index (κ3) is 55.5. The largest absolute Gasteiger partial charge is 0.472 e. The molecule has 0 radical (unpaired) electrons. The number of phosphoric acid groups is 1. The van der Waals surface area contributed by atoms with Crippen LogP contribution < -0.4 is 5.32 Å². The van der Waals surface area contributed by atoms with Gasteiger partial charge in [0.2, 0.25) is 5.91 Å². The topological polar surface area (TPSA) is 111 Å². The Hall–Kier alpha value is -3.07. The molecule has 0 bridgehead atoms. The van der Waals surface area contributed by atoms with Crippen LogP contribution in [0.1, 0.15) is 252 Å². The summed E-state index contributed by atoms with van der Waals surface area (Å²) in [4.78, 5) is 37.7. The highest BCUT2D eigenvalue weighted by Crippen LogP contribution is 2.43. The van der Waals surface area contributed by atoms with Crippen molar-refractivity contribution in [3.8, 4) is 0 Å². The van der Waals surface area contributed by atoms with Gasteiger partial charge in [-0.1, -0.05) is 227 Å². The van der Waals surface area contributed by atoms with E-state index in [9.17, 15) is 19.0 Å². The molecular formula is C65H116N2O7P+. The molecule has 2 N–H and O–H groups in total. The molecule has 0 saturated carbocycles. The van der Waals surface area contributed by atoms with Crippen LogP contribution in [-0.2, 0) is 27.9 Å². The molecular weight excluding hydrogens is 952 g/mol. The summed E-state index contributed by atoms with van der Waals surface area (Å²) in [7, 11) is 1.46. The first-order valence-electron chi connectivity index (χ1n) is 30.6. The third-order valence-corrected chi connectivity index (χ3v) is 14.0. The van der Waals surface area contributed by atoms with Crippen LogP contribution in [0.5, 0.6) is 0 Å². The molecule has 75 heavy (non-hydrogen) atoms. The Labute approximate surface area is 462 Å². The fourth-order valence-electron chi connectivity index (χ4n) is 8.29. The fraction of sp³-hybridized carbons (Fsp3) is 0.723. The van der Waals surface area contributed by atoms with Crippen molar-refractivity contribution in [2.24, 2.45) is 0 Å². The second-order valence-corrected chi connectivity index (χ2v) is 22.9. The van der Waals surface area contributed by atoms with Gasteiger partial charge in [-0.15, -0.1) is 0 Å². The van der Waals surface area contributed by atoms with Gasteiger partial charge in [0, 0.05) is 12.8 Å². The Morgan fingerprint density at radius 3 is 1.31 bits per heavy atom. The van der Waals surface area contributed by atoms with Crippen molar-refractivity contribution in [2.45, 2.75) is 264 Å². The molecule has 0 spiro atoms. The first kappa shape index (κ1) is 71.9. The van der Waals surface area contributed by atoms with Crippen LogP contribution in [0, 0.1) is 0 Å². The minimum atomic E-state index is -4.46. The van der Waals surface area contributed by atoms with Gasteiger partial charge < -0.3 is 19.4 Å². The SMILES string of the molecule is CC/C=C\C/C=C\C/C=C\C/C=C\C/C=C\CCCCCCCC(=O)NC(COP(=O)(O)OCC[N+](C)(C)C)C(/C=C\CCCCCCCCCCC)OC(=O)CCCCCCCCC/C=C\C/C=C\CCCCC. The highest BCUT2D eigenvalue weighted by molar-refractivity contribution is 7.47. The van der Waals surface area contributed by atoms with Crippen molar-refractivity contribution in [2.75, 3.05) is 40.9 Å². The molecule has 0 fully saturated rings. The number of ether oxygens (including phenoxy) is 1. The summed E-state index contributed by atoms with van der Waals surface area (Å²) in [6, 6.07) is -0.867. The van der Waals surface area contributed by atoms with Crippen LogP contribution in [0.15, 0.2) is 97.2 Å². The number of amides is 1. The summed E-state index contributed by atoms with van der Waals surface area (Å²) in [6.45, 7) is 6.84. The first-order chi connectivity index (χ1) is 36.4. The van der Waals surface area contributed by atoms with E-state index in [-0.39, 0.29) is 31.5 Å². The number of hydrogen-bond acceptors (Lipinski definition) is 6. The van der Waals surface area contributed by atoms with E-state index in [0.717, 1.165) is 128 Å². The number of carbonyl (C=O) groups is 2. The van der Waals surface area contributed by atoms with Gasteiger partial charge in [-0.05, 0) is 109 Å². The maximum Gasteiger partial charge on any atom is 0.472 e. The van der Waals surface area contributed by atoms with Crippen molar-refractivity contribution in [3.05, 3.63) is 97.2 Å². The molecule has 0 aromatic heterocycles. The molecule has 432 valence electrons. The number of esters is 1. The van der Waals surface area contributed by atoms with Crippen molar-refractivity contribution in [1.82, 2.24) is 5.32 Å². The number of carbonyl (C=O) groups excluding carboxylic acids is 2. The zero-order valence-corrected chi connectivity index (χ0v) is 50.2. The lowest BCUT2D eigenvalue weighted by Gasteiger charge is -2.27. The summed E-state index contributed by atoms with van der Waals surface area (Å²) in [6.07, 6.45) is 72.6. The maximum atomic E-state index is 13.5. The number of nitrogens with zero attached hydrogens (tertiary/aromatic N) is 1. The average molecular weight is 1070 g/mol. The van der Waals surface area contributed by atoms with Crippen LogP contribution in [0.4, 0.5) is 0 Å². The van der Waals surface area contributed by atoms with Gasteiger partial charge in [-0.3, -0.25) is 18.6 Å². The predicted molar refractivity (Wildman–Crippen MR) is 323 cm³/mol. The third-order valence-electron chi connectivity index (χ3n) is 13.0. The van der Waals surface area contributed by atoms with Gasteiger partial charge in [-0.2, -0.15) is 0 Å². The van der Waals surface area contributed by atoms with E-state index in [2.05, 4.69) is 111 Å². The number of unbranched alkanes of at least 4 members (excludes halogenated alkanes) is 24. The van der Waals surface area contributed by atoms with Crippen LogP contribution >= 0.6 is 7.82 Å². The molecule has 9 nitrogen and oxygen atoms in total. The van der Waals surface area contributed by atoms with Gasteiger partial charge >= 0.3 is 13.8 Å². The van der Waals surface area contributed by atoms with E-state index in [4.69, 9.17) is 13.8 Å². The molecule has 0 heterocycles. The predicted octanol–water partition coefficient (Wildman–Crippen LogP) is 18.8. The van der Waals surface area contributed by atoms with Crippen molar-refractivity contribution < 1.29 is 37.3 Å². The number of quaternary nitrogens is 1. The minimum absolute atomic E-state index is 0.0301. The average Bonchev–Trinajstić information content (AvgIpc) is 3.37. The molecule has 0 aromatic carbocycles. The van der Waals surface area contributed by atoms with Gasteiger partial charge in [0.15, 0.2) is 0 Å². The highest BCUT2D eigenvalue weighted by atomic mass is 31.2. The number of nitrogens with one attached hydrogen (secondary N) is 1. The van der Waals surface area contributed by atoms with Gasteiger partial charge in [0.1, 0.15) is 19.3 Å². The quantitative estimate of drug-likeness (QED) is 0.0205. The number of allylic oxidation sites excluding steroid dienone is 15. The second kappa shape index (κ2) is 54.3. The molecule has 3 atom stereocenters. The van der Waals surface area contributed by atoms with E-state index in [1.54, 1.807) is 0 Å². The maximum absolute atomic E-state index is 13.5. The molecule has 0 aliphatic rings. The highest BCUT2D eigenvalue weighted by Gasteiger charge is 2.30. The molecule has 0 aromatic rings. The van der Waals surface area contributed by atoms with Crippen LogP contribution in [-0.4, -0.2) is 74.3 Å². The van der Waals surface area contributed by atoms with E-state index >= 15 is 0 Å². The van der Waals surface area contributed by atoms with Crippen molar-refractivity contribution in [3.63, 3.8) is 0 Å². The van der Waals surface area contributed by atoms with Gasteiger partial charge in [0.25, 0.3) is 0 Å². The van der Waals surface area contributed by atoms with Gasteiger partial charge in [0.05, 0.1) is 33.8 Å². The van der Waals surface area contributed by atoms with E-state index in [0.29, 0.717) is 17.4 Å². The molecule has 0 aliphatic heterocycles. The number of phosphoric ester groups is 1. The van der Waals surface area contributed by atoms with Crippen LogP contribution in [0.2, 0.25) is 0 Å². The Balaban J connectivity index is 5.29. The normalized spacial score (nSPS) is 14.4. The number of likely N-dealkylation sites (N-methyl/N-ethyl adjacent to an activating group) is 1. The molecule has 0 saturated heterocycles. The summed E-state index contributed by atoms with van der Waals surface area (Å²) in [5, 5.41) is 3.04. The monoisotopic (exact) mass is 1070 g/mol. The Morgan fingerprint density at radius 1 is 0.480 bits per heavy atom. The molecule has 0 aliphatic carbocycles. The molecule has 10 heteroatoms. The lowest BCUT2D eigenvalue weighted by atomic mass is 10.1. The Bertz CT molecular complexity index is 1610. The Kier molecular flexibility index (Phi) is 52.1. The lowest BCUT2D eigenvalue weighted by Crippen LogP contribution is -2.47. The van der Waals surface area contributed by atoms with E-state index in [1.165, 1.54) is 89.9 Å². The van der Waals surface area contributed by atoms with Crippen LogP contribution in [0.25, 0.3) is 0 Å². The van der Waals surface area contributed by atoms with Crippen molar-refractivity contribution in [1.29, 1.82) is 0 Å². The van der Waals surface area contributed by atoms with E-state index < -0.39 is 20.0 Å². The zero-order valence-electron chi connectivity index (χ0n) is 49.3. The summed E-state index contributed by atoms with van der Waals surface area (Å²) < 4.78 is 30.6. The first-order valence-corrected chi connectivity index (χ1v) is 32.1. The lowest BCUT2D eigenvalue weighted by molar-refractivity contribution is -0.870. The second-order valence-electron chi connectivity index (χ2n) is 21.5. The van der Waals surface area contributed by atoms with Gasteiger partial charge in [-0.25, -0.2) is 4.57 Å². The van der Waals surface area contributed by atoms with Crippen LogP contribution in [0.3, 0.4) is 0 Å². The summed E-state index contributed by atoms with van der Waals surface area (Å²) in [5.74, 6) is -0.540. The zero-order chi connectivity index (χ0) is 55.0. The Morgan fingerprint density at radius 2 is 0.853 bits per heavy atom. The number of hydrogen-bond donors (Lipinski definition) is 2. The smallest absolute Gasteiger partial charge is 0.456 e. The number of rotatable bonds is 54. The standard InChI is InChI=1S/C65H115N2O7P/c1-7-10-13-16-19-22-25-27-29-31-32-33-34-36-37-39-42-45-48-51-54-57-64(68)66-62(61-73-75(70,71)72-60-59-67(4,5)6)63(56-53-50-47-44-41-24-21-18-15-12-9-3)74-65(69)58-55-52-49-46-43-40-38-35-30-28-26-23-20-17-14-11-8-2/h10,13,19-20,22-23,27-30,32-33,36-37,53,56,62-63H,7-9,11-12,14-18,21,24-26,31,34-35,38-52,54-55,57-61H2,1-6H3,(H-,66,68,70,71)/p+1/b13-10-,22-19-,23-20-,29-27-,30-28-,33-32-,37-36-,56-53-. The van der Waals surface area contributed by atoms with Crippen molar-refractivity contribution >= 4 is 19.7 Å². The van der Waals surface area contributed by atoms with E-state index in [1.807, 2.05) is 33.3 Å².